The van der Waals surface area contributed by atoms with E-state index in [0.717, 1.165) is 6.20 Å². The molecule has 2 aromatic heterocycles. The van der Waals surface area contributed by atoms with Crippen molar-refractivity contribution in [3.8, 4) is 0 Å². The van der Waals surface area contributed by atoms with Crippen molar-refractivity contribution in [3.05, 3.63) is 53.2 Å². The van der Waals surface area contributed by atoms with Crippen LogP contribution in [-0.4, -0.2) is 29.5 Å². The van der Waals surface area contributed by atoms with Gasteiger partial charge in [-0.25, -0.2) is 12.8 Å². The fourth-order valence-electron chi connectivity index (χ4n) is 2.62. The molecule has 0 aliphatic rings. The lowest BCUT2D eigenvalue weighted by atomic mass is 10.1. The van der Waals surface area contributed by atoms with Gasteiger partial charge in [-0.3, -0.25) is 14.8 Å². The fraction of sp³-hybridized carbons (Fsp3) is 0.167. The van der Waals surface area contributed by atoms with Gasteiger partial charge >= 0.3 is 0 Å². The van der Waals surface area contributed by atoms with Gasteiger partial charge in [-0.15, -0.1) is 0 Å². The van der Waals surface area contributed by atoms with Crippen LogP contribution in [0.4, 0.5) is 15.8 Å². The van der Waals surface area contributed by atoms with Crippen LogP contribution < -0.4 is 11.1 Å². The number of pyridine rings is 2. The number of anilines is 2. The van der Waals surface area contributed by atoms with Crippen molar-refractivity contribution in [3.63, 3.8) is 0 Å². The summed E-state index contributed by atoms with van der Waals surface area (Å²) in [6.07, 6.45) is 3.59. The highest BCUT2D eigenvalue weighted by molar-refractivity contribution is 7.92. The summed E-state index contributed by atoms with van der Waals surface area (Å²) in [7, 11) is -3.65. The number of sulfone groups is 1. The Balaban J connectivity index is 2.33. The zero-order valence-electron chi connectivity index (χ0n) is 14.9. The predicted molar refractivity (Wildman–Crippen MR) is 105 cm³/mol. The molecule has 3 rings (SSSR count). The lowest BCUT2D eigenvalue weighted by Crippen LogP contribution is -2.16. The van der Waals surface area contributed by atoms with Crippen LogP contribution in [0.25, 0.3) is 10.9 Å². The van der Waals surface area contributed by atoms with Gasteiger partial charge in [0.15, 0.2) is 9.84 Å². The molecule has 7 nitrogen and oxygen atoms in total. The van der Waals surface area contributed by atoms with E-state index in [4.69, 9.17) is 17.3 Å². The minimum absolute atomic E-state index is 0.00748. The molecule has 0 unspecified atom stereocenters. The normalized spacial score (nSPS) is 11.8. The van der Waals surface area contributed by atoms with E-state index >= 15 is 0 Å². The van der Waals surface area contributed by atoms with Crippen LogP contribution in [0.5, 0.6) is 0 Å². The van der Waals surface area contributed by atoms with Gasteiger partial charge in [0.2, 0.25) is 0 Å². The number of nitrogens with one attached hydrogen (secondary N) is 1. The Labute approximate surface area is 165 Å². The molecule has 146 valence electrons. The molecule has 1 amide bonds. The summed E-state index contributed by atoms with van der Waals surface area (Å²) < 4.78 is 38.7. The van der Waals surface area contributed by atoms with E-state index in [0.29, 0.717) is 0 Å². The van der Waals surface area contributed by atoms with Gasteiger partial charge in [-0.2, -0.15) is 0 Å². The van der Waals surface area contributed by atoms with E-state index in [2.05, 4.69) is 15.3 Å². The molecular formula is C18H16ClFN4O3S. The first-order valence-corrected chi connectivity index (χ1v) is 10.1. The van der Waals surface area contributed by atoms with Crippen molar-refractivity contribution < 1.29 is 17.6 Å². The number of amides is 1. The van der Waals surface area contributed by atoms with Crippen molar-refractivity contribution in [2.75, 3.05) is 5.32 Å². The summed E-state index contributed by atoms with van der Waals surface area (Å²) in [6.45, 7) is 3.09. The maximum Gasteiger partial charge on any atom is 0.252 e. The molecule has 0 saturated heterocycles. The Hall–Kier alpha value is -2.78. The number of hydrogen-bond acceptors (Lipinski definition) is 6. The minimum atomic E-state index is -3.65. The highest BCUT2D eigenvalue weighted by Gasteiger charge is 2.23. The van der Waals surface area contributed by atoms with E-state index in [1.165, 1.54) is 30.6 Å². The molecule has 0 aliphatic heterocycles. The Morgan fingerprint density at radius 1 is 1.21 bits per heavy atom. The van der Waals surface area contributed by atoms with Crippen LogP contribution in [0.2, 0.25) is 5.02 Å². The van der Waals surface area contributed by atoms with Gasteiger partial charge in [0, 0.05) is 17.6 Å². The van der Waals surface area contributed by atoms with E-state index in [1.807, 2.05) is 0 Å². The number of rotatable bonds is 5. The SMILES string of the molecule is CC(C)S(=O)(=O)c1cc(Cl)c2ncc(C(N)=O)c(Nc3cncc(F)c3)c2c1. The molecule has 0 bridgehead atoms. The number of nitrogens with zero attached hydrogens (tertiary/aromatic N) is 2. The van der Waals surface area contributed by atoms with Crippen molar-refractivity contribution in [1.29, 1.82) is 0 Å². The summed E-state index contributed by atoms with van der Waals surface area (Å²) >= 11 is 6.26. The van der Waals surface area contributed by atoms with Crippen molar-refractivity contribution >= 4 is 49.6 Å². The highest BCUT2D eigenvalue weighted by Crippen LogP contribution is 2.35. The molecule has 28 heavy (non-hydrogen) atoms. The molecule has 10 heteroatoms. The number of halogens is 2. The third-order valence-electron chi connectivity index (χ3n) is 4.09. The van der Waals surface area contributed by atoms with Crippen LogP contribution in [0.1, 0.15) is 24.2 Å². The number of carbonyl (C=O) groups is 1. The van der Waals surface area contributed by atoms with Crippen molar-refractivity contribution in [2.24, 2.45) is 5.73 Å². The van der Waals surface area contributed by atoms with Crippen molar-refractivity contribution in [1.82, 2.24) is 9.97 Å². The standard InChI is InChI=1S/C18H16ClFN4O3S/c1-9(2)28(26,27)12-4-13-16(24-11-3-10(20)6-22-7-11)14(18(21)25)8-23-17(13)15(19)5-12/h3-9H,1-2H3,(H2,21,25)(H,23,24). The van der Waals surface area contributed by atoms with Gasteiger partial charge in [0.25, 0.3) is 5.91 Å². The second-order valence-corrected chi connectivity index (χ2v) is 9.23. The molecule has 0 atom stereocenters. The number of nitrogens with two attached hydrogens (primary N) is 1. The zero-order valence-corrected chi connectivity index (χ0v) is 16.5. The molecule has 0 spiro atoms. The average Bonchev–Trinajstić information content (AvgIpc) is 2.61. The van der Waals surface area contributed by atoms with Crippen LogP contribution in [-0.2, 0) is 9.84 Å². The number of primary amides is 1. The molecule has 3 N–H and O–H groups in total. The molecule has 2 heterocycles. The maximum absolute atomic E-state index is 13.5. The Morgan fingerprint density at radius 3 is 2.54 bits per heavy atom. The second kappa shape index (κ2) is 7.33. The average molecular weight is 423 g/mol. The first-order valence-electron chi connectivity index (χ1n) is 8.14. The Morgan fingerprint density at radius 2 is 1.93 bits per heavy atom. The van der Waals surface area contributed by atoms with E-state index < -0.39 is 26.8 Å². The molecule has 0 aliphatic carbocycles. The largest absolute Gasteiger partial charge is 0.365 e. The van der Waals surface area contributed by atoms with Gasteiger partial charge in [0.1, 0.15) is 5.82 Å². The minimum Gasteiger partial charge on any atom is -0.365 e. The number of fused-ring (bicyclic) bond motifs is 1. The molecular weight excluding hydrogens is 407 g/mol. The van der Waals surface area contributed by atoms with Crippen LogP contribution in [0.15, 0.2) is 41.7 Å². The maximum atomic E-state index is 13.5. The number of benzene rings is 1. The predicted octanol–water partition coefficient (Wildman–Crippen LogP) is 3.45. The molecule has 0 saturated carbocycles. The number of carbonyl (C=O) groups excluding carboxylic acids is 1. The molecule has 0 radical (unpaired) electrons. The van der Waals surface area contributed by atoms with Gasteiger partial charge in [0.05, 0.1) is 50.0 Å². The van der Waals surface area contributed by atoms with Crippen molar-refractivity contribution in [2.45, 2.75) is 24.0 Å². The second-order valence-electron chi connectivity index (χ2n) is 6.32. The summed E-state index contributed by atoms with van der Waals surface area (Å²) in [6, 6.07) is 3.84. The summed E-state index contributed by atoms with van der Waals surface area (Å²) in [5.41, 5.74) is 6.10. The highest BCUT2D eigenvalue weighted by atomic mass is 35.5. The summed E-state index contributed by atoms with van der Waals surface area (Å²) in [5.74, 6) is -1.39. The zero-order chi connectivity index (χ0) is 20.6. The van der Waals surface area contributed by atoms with Crippen LogP contribution in [0.3, 0.4) is 0 Å². The molecule has 3 aromatic rings. The summed E-state index contributed by atoms with van der Waals surface area (Å²) in [4.78, 5) is 19.7. The van der Waals surface area contributed by atoms with Gasteiger partial charge in [-0.05, 0) is 26.0 Å². The molecule has 1 aromatic carbocycles. The third kappa shape index (κ3) is 3.63. The Bertz CT molecular complexity index is 1200. The fourth-order valence-corrected chi connectivity index (χ4v) is 4.06. The van der Waals surface area contributed by atoms with Gasteiger partial charge in [-0.1, -0.05) is 11.6 Å². The van der Waals surface area contributed by atoms with E-state index in [1.54, 1.807) is 13.8 Å². The molecule has 0 fully saturated rings. The van der Waals surface area contributed by atoms with Crippen LogP contribution in [0, 0.1) is 5.82 Å². The summed E-state index contributed by atoms with van der Waals surface area (Å²) in [5, 5.41) is 2.54. The van der Waals surface area contributed by atoms with Crippen LogP contribution >= 0.6 is 11.6 Å². The topological polar surface area (TPSA) is 115 Å². The Kier molecular flexibility index (Phi) is 5.22. The smallest absolute Gasteiger partial charge is 0.252 e. The van der Waals surface area contributed by atoms with E-state index in [-0.39, 0.29) is 37.8 Å². The lowest BCUT2D eigenvalue weighted by molar-refractivity contribution is 0.100. The third-order valence-corrected chi connectivity index (χ3v) is 6.51. The number of hydrogen-bond donors (Lipinski definition) is 2. The number of aromatic nitrogens is 2. The quantitative estimate of drug-likeness (QED) is 0.650. The van der Waals surface area contributed by atoms with Gasteiger partial charge < -0.3 is 11.1 Å². The monoisotopic (exact) mass is 422 g/mol. The van der Waals surface area contributed by atoms with E-state index in [9.17, 15) is 17.6 Å². The first-order chi connectivity index (χ1) is 13.1. The first kappa shape index (κ1) is 20.0. The lowest BCUT2D eigenvalue weighted by Gasteiger charge is -2.15.